The zero-order valence-electron chi connectivity index (χ0n) is 25.5. The predicted octanol–water partition coefficient (Wildman–Crippen LogP) is 9.86. The van der Waals surface area contributed by atoms with Crippen LogP contribution in [-0.2, 0) is 24.6 Å². The summed E-state index contributed by atoms with van der Waals surface area (Å²) in [5.74, 6) is -5.74. The largest absolute Gasteiger partial charge is 0.461 e. The van der Waals surface area contributed by atoms with E-state index < -0.39 is 64.5 Å². The standard InChI is InChI=1S/C35H29F10NO2/c1-20(2)8-9-22-14-24(11-13-29(22)37)33(19-21-6-4-3-5-7-21,25-16-26(36)18-27(17-25)48-35(44,45)32(39)40)46-31(47)23-10-12-30(38)28(15-23)34(41,42)43/h3-7,10-18,20,32H,8-9,19H2,1-2H3,(H,46,47). The molecule has 4 rings (SSSR count). The Kier molecular flexibility index (Phi) is 10.8. The van der Waals surface area contributed by atoms with Crippen LogP contribution in [0, 0.1) is 23.4 Å². The van der Waals surface area contributed by atoms with E-state index in [-0.39, 0.29) is 41.5 Å². The van der Waals surface area contributed by atoms with E-state index in [0.717, 1.165) is 24.3 Å². The second kappa shape index (κ2) is 14.3. The van der Waals surface area contributed by atoms with Crippen LogP contribution in [0.2, 0.25) is 0 Å². The number of ether oxygens (including phenoxy) is 1. The smallest absolute Gasteiger partial charge is 0.428 e. The molecule has 1 amide bonds. The number of hydrogen-bond donors (Lipinski definition) is 1. The van der Waals surface area contributed by atoms with Gasteiger partial charge in [-0.15, -0.1) is 0 Å². The van der Waals surface area contributed by atoms with Crippen molar-refractivity contribution in [3.63, 3.8) is 0 Å². The molecule has 0 fully saturated rings. The van der Waals surface area contributed by atoms with Crippen LogP contribution in [0.3, 0.4) is 0 Å². The lowest BCUT2D eigenvalue weighted by atomic mass is 9.76. The molecular weight excluding hydrogens is 656 g/mol. The molecule has 256 valence electrons. The summed E-state index contributed by atoms with van der Waals surface area (Å²) in [6, 6.07) is 15.0. The van der Waals surface area contributed by atoms with Gasteiger partial charge in [0.1, 0.15) is 23.2 Å². The topological polar surface area (TPSA) is 38.3 Å². The minimum absolute atomic E-state index is 0.0372. The molecule has 4 aromatic rings. The van der Waals surface area contributed by atoms with Crippen molar-refractivity contribution < 1.29 is 53.4 Å². The second-order valence-corrected chi connectivity index (χ2v) is 11.6. The number of halogens is 10. The molecule has 3 nitrogen and oxygen atoms in total. The van der Waals surface area contributed by atoms with E-state index in [4.69, 9.17) is 0 Å². The molecule has 0 bridgehead atoms. The van der Waals surface area contributed by atoms with Gasteiger partial charge in [-0.25, -0.2) is 13.2 Å². The average molecular weight is 686 g/mol. The van der Waals surface area contributed by atoms with Gasteiger partial charge in [-0.05, 0) is 77.4 Å². The second-order valence-electron chi connectivity index (χ2n) is 11.6. The SMILES string of the molecule is CC(C)CCc1cc(C(Cc2ccccc2)(NC(=O)c2ccc(F)c(C(F)(F)F)c2)c2cc(F)cc(OC(F)(F)C(F)F)c2)ccc1F. The van der Waals surface area contributed by atoms with Gasteiger partial charge in [-0.3, -0.25) is 4.79 Å². The number of alkyl halides is 7. The van der Waals surface area contributed by atoms with E-state index in [0.29, 0.717) is 24.1 Å². The van der Waals surface area contributed by atoms with Crippen molar-refractivity contribution >= 4 is 5.91 Å². The highest BCUT2D eigenvalue weighted by Gasteiger charge is 2.45. The Morgan fingerprint density at radius 2 is 1.46 bits per heavy atom. The number of amides is 1. The monoisotopic (exact) mass is 685 g/mol. The van der Waals surface area contributed by atoms with Gasteiger partial charge in [0, 0.05) is 18.1 Å². The number of carbonyl (C=O) groups excluding carboxylic acids is 1. The van der Waals surface area contributed by atoms with Crippen LogP contribution in [0.1, 0.15) is 58.4 Å². The molecular formula is C35H29F10NO2. The molecule has 0 heterocycles. The molecule has 1 N–H and O–H groups in total. The lowest BCUT2D eigenvalue weighted by molar-refractivity contribution is -0.253. The summed E-state index contributed by atoms with van der Waals surface area (Å²) >= 11 is 0. The quantitative estimate of drug-likeness (QED) is 0.151. The van der Waals surface area contributed by atoms with Crippen molar-refractivity contribution in [2.75, 3.05) is 0 Å². The molecule has 0 saturated heterocycles. The number of carbonyl (C=O) groups is 1. The predicted molar refractivity (Wildman–Crippen MR) is 157 cm³/mol. The van der Waals surface area contributed by atoms with Crippen molar-refractivity contribution in [2.45, 2.75) is 57.4 Å². The van der Waals surface area contributed by atoms with Gasteiger partial charge in [0.2, 0.25) is 0 Å². The maximum atomic E-state index is 15.2. The molecule has 0 aliphatic heterocycles. The zero-order valence-corrected chi connectivity index (χ0v) is 25.5. The summed E-state index contributed by atoms with van der Waals surface area (Å²) in [6.45, 7) is 3.78. The summed E-state index contributed by atoms with van der Waals surface area (Å²) in [5.41, 5.74) is -4.28. The Balaban J connectivity index is 2.01. The highest BCUT2D eigenvalue weighted by Crippen LogP contribution is 2.39. The van der Waals surface area contributed by atoms with Gasteiger partial charge in [0.25, 0.3) is 5.91 Å². The van der Waals surface area contributed by atoms with Crippen LogP contribution in [0.25, 0.3) is 0 Å². The Morgan fingerprint density at radius 3 is 2.08 bits per heavy atom. The third-order valence-electron chi connectivity index (χ3n) is 7.57. The molecule has 0 radical (unpaired) electrons. The molecule has 48 heavy (non-hydrogen) atoms. The fraction of sp³-hybridized carbons (Fsp3) is 0.286. The third-order valence-corrected chi connectivity index (χ3v) is 7.57. The van der Waals surface area contributed by atoms with Crippen LogP contribution in [0.4, 0.5) is 43.9 Å². The number of rotatable bonds is 12. The lowest BCUT2D eigenvalue weighted by Crippen LogP contribution is -2.49. The van der Waals surface area contributed by atoms with Gasteiger partial charge in [0.05, 0.1) is 11.1 Å². The molecule has 0 spiro atoms. The number of benzene rings is 4. The van der Waals surface area contributed by atoms with E-state index in [9.17, 15) is 39.9 Å². The van der Waals surface area contributed by atoms with Crippen molar-refractivity contribution in [3.05, 3.63) is 136 Å². The first-order chi connectivity index (χ1) is 22.4. The third kappa shape index (κ3) is 8.48. The Hall–Kier alpha value is -4.55. The van der Waals surface area contributed by atoms with Crippen LogP contribution >= 0.6 is 0 Å². The fourth-order valence-corrected chi connectivity index (χ4v) is 5.16. The number of aryl methyl sites for hydroxylation is 1. The van der Waals surface area contributed by atoms with Crippen LogP contribution < -0.4 is 10.1 Å². The van der Waals surface area contributed by atoms with Gasteiger partial charge < -0.3 is 10.1 Å². The summed E-state index contributed by atoms with van der Waals surface area (Å²) < 4.78 is 143. The zero-order chi connectivity index (χ0) is 35.4. The first-order valence-corrected chi connectivity index (χ1v) is 14.6. The van der Waals surface area contributed by atoms with Crippen molar-refractivity contribution in [2.24, 2.45) is 5.92 Å². The van der Waals surface area contributed by atoms with Crippen molar-refractivity contribution in [3.8, 4) is 5.75 Å². The highest BCUT2D eigenvalue weighted by atomic mass is 19.4. The van der Waals surface area contributed by atoms with E-state index >= 15 is 8.78 Å². The van der Waals surface area contributed by atoms with E-state index in [1.165, 1.54) is 12.1 Å². The van der Waals surface area contributed by atoms with Crippen LogP contribution in [0.15, 0.2) is 84.9 Å². The Labute approximate surface area is 269 Å². The van der Waals surface area contributed by atoms with Crippen LogP contribution in [0.5, 0.6) is 5.75 Å². The summed E-state index contributed by atoms with van der Waals surface area (Å²) in [7, 11) is 0. The van der Waals surface area contributed by atoms with E-state index in [1.807, 2.05) is 13.8 Å². The summed E-state index contributed by atoms with van der Waals surface area (Å²) in [4.78, 5) is 13.8. The minimum Gasteiger partial charge on any atom is -0.428 e. The van der Waals surface area contributed by atoms with Gasteiger partial charge in [-0.2, -0.15) is 30.7 Å². The minimum atomic E-state index is -5.19. The Bertz CT molecular complexity index is 1740. The summed E-state index contributed by atoms with van der Waals surface area (Å²) in [6.07, 6.45) is -14.2. The van der Waals surface area contributed by atoms with Crippen molar-refractivity contribution in [1.82, 2.24) is 5.32 Å². The number of nitrogens with one attached hydrogen (secondary N) is 1. The van der Waals surface area contributed by atoms with E-state index in [2.05, 4.69) is 10.1 Å². The van der Waals surface area contributed by atoms with E-state index in [1.54, 1.807) is 30.3 Å². The first-order valence-electron chi connectivity index (χ1n) is 14.6. The number of hydrogen-bond acceptors (Lipinski definition) is 2. The normalized spacial score (nSPS) is 13.5. The van der Waals surface area contributed by atoms with Gasteiger partial charge in [-0.1, -0.05) is 56.3 Å². The molecule has 1 atom stereocenters. The average Bonchev–Trinajstić information content (AvgIpc) is 2.99. The molecule has 4 aromatic carbocycles. The molecule has 0 aromatic heterocycles. The van der Waals surface area contributed by atoms with Gasteiger partial charge in [0.15, 0.2) is 0 Å². The van der Waals surface area contributed by atoms with Gasteiger partial charge >= 0.3 is 18.7 Å². The molecule has 1 unspecified atom stereocenters. The van der Waals surface area contributed by atoms with Crippen LogP contribution in [-0.4, -0.2) is 18.4 Å². The molecule has 13 heteroatoms. The Morgan fingerprint density at radius 1 is 0.792 bits per heavy atom. The summed E-state index contributed by atoms with van der Waals surface area (Å²) in [5, 5.41) is 2.57. The highest BCUT2D eigenvalue weighted by molar-refractivity contribution is 5.95. The maximum absolute atomic E-state index is 15.2. The fourth-order valence-electron chi connectivity index (χ4n) is 5.16. The first kappa shape index (κ1) is 36.3. The van der Waals surface area contributed by atoms with Crippen molar-refractivity contribution in [1.29, 1.82) is 0 Å². The molecule has 0 aliphatic carbocycles. The maximum Gasteiger partial charge on any atom is 0.461 e. The molecule has 0 saturated carbocycles. The lowest BCUT2D eigenvalue weighted by Gasteiger charge is -2.37. The molecule has 0 aliphatic rings.